The molecule has 136 valence electrons. The smallest absolute Gasteiger partial charge is 0.191 e. The number of nitrogens with zero attached hydrogens (tertiary/aromatic N) is 1. The monoisotopic (exact) mass is 457 g/mol. The summed E-state index contributed by atoms with van der Waals surface area (Å²) in [4.78, 5) is 4.18. The van der Waals surface area contributed by atoms with Gasteiger partial charge in [-0.3, -0.25) is 4.99 Å². The maximum atomic E-state index is 13.7. The van der Waals surface area contributed by atoms with Crippen LogP contribution in [0.4, 0.5) is 4.39 Å². The zero-order chi connectivity index (χ0) is 17.2. The summed E-state index contributed by atoms with van der Waals surface area (Å²) in [6.45, 7) is 4.27. The summed E-state index contributed by atoms with van der Waals surface area (Å²) < 4.78 is 19.1. The van der Waals surface area contributed by atoms with E-state index in [1.54, 1.807) is 19.2 Å². The molecule has 0 heterocycles. The Labute approximate surface area is 165 Å². The van der Waals surface area contributed by atoms with E-state index in [1.807, 2.05) is 25.1 Å². The van der Waals surface area contributed by atoms with Gasteiger partial charge in [-0.25, -0.2) is 4.39 Å². The highest BCUT2D eigenvalue weighted by Crippen LogP contribution is 2.10. The first-order valence-electron chi connectivity index (χ1n) is 8.07. The molecule has 2 aromatic carbocycles. The molecule has 2 aromatic rings. The molecule has 25 heavy (non-hydrogen) atoms. The molecule has 0 amide bonds. The minimum atomic E-state index is -0.220. The van der Waals surface area contributed by atoms with Crippen LogP contribution in [0.2, 0.25) is 0 Å². The van der Waals surface area contributed by atoms with Crippen molar-refractivity contribution in [1.82, 2.24) is 10.6 Å². The van der Waals surface area contributed by atoms with E-state index < -0.39 is 0 Å². The maximum absolute atomic E-state index is 13.7. The van der Waals surface area contributed by atoms with Crippen molar-refractivity contribution in [1.29, 1.82) is 0 Å². The zero-order valence-corrected chi connectivity index (χ0v) is 16.9. The molecule has 0 aliphatic rings. The van der Waals surface area contributed by atoms with Crippen LogP contribution in [0.3, 0.4) is 0 Å². The zero-order valence-electron chi connectivity index (χ0n) is 14.6. The van der Waals surface area contributed by atoms with Crippen molar-refractivity contribution in [3.8, 4) is 0 Å². The Kier molecular flexibility index (Phi) is 10.1. The summed E-state index contributed by atoms with van der Waals surface area (Å²) in [5.41, 5.74) is 2.91. The Morgan fingerprint density at radius 2 is 1.52 bits per heavy atom. The van der Waals surface area contributed by atoms with E-state index >= 15 is 0 Å². The Morgan fingerprint density at radius 1 is 0.960 bits per heavy atom. The van der Waals surface area contributed by atoms with Crippen molar-refractivity contribution in [2.75, 3.05) is 13.7 Å². The fraction of sp³-hybridized carbons (Fsp3) is 0.316. The average molecular weight is 457 g/mol. The van der Waals surface area contributed by atoms with Crippen LogP contribution in [0.25, 0.3) is 0 Å². The highest BCUT2D eigenvalue weighted by molar-refractivity contribution is 14.0. The number of rotatable bonds is 7. The summed E-state index contributed by atoms with van der Waals surface area (Å²) >= 11 is 0. The first-order chi connectivity index (χ1) is 11.7. The van der Waals surface area contributed by atoms with Crippen molar-refractivity contribution in [2.45, 2.75) is 26.6 Å². The van der Waals surface area contributed by atoms with Crippen LogP contribution >= 0.6 is 24.0 Å². The Hall–Kier alpha value is -1.67. The second kappa shape index (κ2) is 11.8. The third kappa shape index (κ3) is 6.99. The van der Waals surface area contributed by atoms with Gasteiger partial charge in [-0.05, 0) is 24.1 Å². The Morgan fingerprint density at radius 3 is 2.12 bits per heavy atom. The predicted molar refractivity (Wildman–Crippen MR) is 111 cm³/mol. The van der Waals surface area contributed by atoms with E-state index in [1.165, 1.54) is 6.07 Å². The molecule has 0 aliphatic carbocycles. The van der Waals surface area contributed by atoms with Gasteiger partial charge in [-0.15, -0.1) is 24.0 Å². The third-order valence-corrected chi connectivity index (χ3v) is 3.65. The predicted octanol–water partition coefficient (Wildman–Crippen LogP) is 3.85. The fourth-order valence-electron chi connectivity index (χ4n) is 2.30. The van der Waals surface area contributed by atoms with Crippen molar-refractivity contribution >= 4 is 29.9 Å². The average Bonchev–Trinajstić information content (AvgIpc) is 2.62. The van der Waals surface area contributed by atoms with Gasteiger partial charge in [0.1, 0.15) is 5.82 Å². The first-order valence-corrected chi connectivity index (χ1v) is 8.07. The lowest BCUT2D eigenvalue weighted by Crippen LogP contribution is -2.36. The minimum absolute atomic E-state index is 0. The topological polar surface area (TPSA) is 45.6 Å². The van der Waals surface area contributed by atoms with Crippen LogP contribution in [-0.4, -0.2) is 19.6 Å². The summed E-state index contributed by atoms with van der Waals surface area (Å²) in [6.07, 6.45) is 0. The number of hydrogen-bond acceptors (Lipinski definition) is 2. The summed E-state index contributed by atoms with van der Waals surface area (Å²) in [6, 6.07) is 14.8. The lowest BCUT2D eigenvalue weighted by Gasteiger charge is -2.14. The van der Waals surface area contributed by atoms with E-state index in [9.17, 15) is 4.39 Å². The molecule has 0 aromatic heterocycles. The molecular weight excluding hydrogens is 432 g/mol. The van der Waals surface area contributed by atoms with Gasteiger partial charge < -0.3 is 15.4 Å². The molecule has 0 fully saturated rings. The number of halogens is 2. The SMILES string of the molecule is CCOCc1ccccc1CNC(=NC)NCc1ccccc1F.I. The van der Waals surface area contributed by atoms with Crippen molar-refractivity contribution in [3.05, 3.63) is 71.0 Å². The lowest BCUT2D eigenvalue weighted by molar-refractivity contribution is 0.133. The van der Waals surface area contributed by atoms with Gasteiger partial charge in [-0.2, -0.15) is 0 Å². The third-order valence-electron chi connectivity index (χ3n) is 3.65. The van der Waals surface area contributed by atoms with Gasteiger partial charge in [0, 0.05) is 32.3 Å². The molecule has 0 unspecified atom stereocenters. The molecule has 0 saturated heterocycles. The van der Waals surface area contributed by atoms with Crippen molar-refractivity contribution in [2.24, 2.45) is 4.99 Å². The number of nitrogens with one attached hydrogen (secondary N) is 2. The summed E-state index contributed by atoms with van der Waals surface area (Å²) in [7, 11) is 1.70. The molecule has 0 saturated carbocycles. The molecule has 6 heteroatoms. The van der Waals surface area contributed by atoms with Gasteiger partial charge in [0.15, 0.2) is 5.96 Å². The number of benzene rings is 2. The normalized spacial score (nSPS) is 10.9. The largest absolute Gasteiger partial charge is 0.377 e. The Balaban J connectivity index is 0.00000312. The molecule has 0 aliphatic heterocycles. The molecule has 2 N–H and O–H groups in total. The van der Waals surface area contributed by atoms with E-state index in [4.69, 9.17) is 4.74 Å². The van der Waals surface area contributed by atoms with Crippen LogP contribution < -0.4 is 10.6 Å². The van der Waals surface area contributed by atoms with Crippen LogP contribution in [0.1, 0.15) is 23.6 Å². The quantitative estimate of drug-likeness (QED) is 0.377. The first kappa shape index (κ1) is 21.4. The summed E-state index contributed by atoms with van der Waals surface area (Å²) in [5, 5.41) is 6.38. The van der Waals surface area contributed by atoms with E-state index in [-0.39, 0.29) is 29.8 Å². The number of ether oxygens (including phenoxy) is 1. The molecule has 0 bridgehead atoms. The second-order valence-electron chi connectivity index (χ2n) is 5.28. The van der Waals surface area contributed by atoms with Crippen molar-refractivity contribution in [3.63, 3.8) is 0 Å². The van der Waals surface area contributed by atoms with Crippen LogP contribution in [0, 0.1) is 5.82 Å². The lowest BCUT2D eigenvalue weighted by atomic mass is 10.1. The van der Waals surface area contributed by atoms with Crippen LogP contribution in [0.5, 0.6) is 0 Å². The highest BCUT2D eigenvalue weighted by Gasteiger charge is 2.05. The number of hydrogen-bond donors (Lipinski definition) is 2. The van der Waals surface area contributed by atoms with Crippen molar-refractivity contribution < 1.29 is 9.13 Å². The molecule has 4 nitrogen and oxygen atoms in total. The van der Waals surface area contributed by atoms with E-state index in [0.29, 0.717) is 37.8 Å². The van der Waals surface area contributed by atoms with E-state index in [0.717, 1.165) is 11.1 Å². The van der Waals surface area contributed by atoms with Gasteiger partial charge in [-0.1, -0.05) is 42.5 Å². The second-order valence-corrected chi connectivity index (χ2v) is 5.28. The highest BCUT2D eigenvalue weighted by atomic mass is 127. The van der Waals surface area contributed by atoms with Crippen LogP contribution in [0.15, 0.2) is 53.5 Å². The van der Waals surface area contributed by atoms with Gasteiger partial charge in [0.25, 0.3) is 0 Å². The molecule has 0 radical (unpaired) electrons. The fourth-order valence-corrected chi connectivity index (χ4v) is 2.30. The molecule has 2 rings (SSSR count). The molecular formula is C19H25FIN3O. The van der Waals surface area contributed by atoms with Gasteiger partial charge >= 0.3 is 0 Å². The molecule has 0 spiro atoms. The summed E-state index contributed by atoms with van der Waals surface area (Å²) in [5.74, 6) is 0.409. The maximum Gasteiger partial charge on any atom is 0.191 e. The minimum Gasteiger partial charge on any atom is -0.377 e. The van der Waals surface area contributed by atoms with Gasteiger partial charge in [0.05, 0.1) is 6.61 Å². The van der Waals surface area contributed by atoms with E-state index in [2.05, 4.69) is 27.8 Å². The number of guanidine groups is 1. The van der Waals surface area contributed by atoms with Gasteiger partial charge in [0.2, 0.25) is 0 Å². The molecule has 0 atom stereocenters. The van der Waals surface area contributed by atoms with Crippen LogP contribution in [-0.2, 0) is 24.4 Å². The standard InChI is InChI=1S/C19H24FN3O.HI/c1-3-24-14-17-10-5-4-8-15(17)12-22-19(21-2)23-13-16-9-6-7-11-18(16)20;/h4-11H,3,12-14H2,1-2H3,(H2,21,22,23);1H. The Bertz CT molecular complexity index is 679. The number of aliphatic imine (C=N–C) groups is 1.